The van der Waals surface area contributed by atoms with Gasteiger partial charge in [0.25, 0.3) is 0 Å². The van der Waals surface area contributed by atoms with Crippen LogP contribution in [0, 0.1) is 38.5 Å². The summed E-state index contributed by atoms with van der Waals surface area (Å²) >= 11 is 0. The van der Waals surface area contributed by atoms with Crippen molar-refractivity contribution in [3.63, 3.8) is 0 Å². The molecule has 1 aliphatic heterocycles. The maximum Gasteiger partial charge on any atom is 1.00 e. The van der Waals surface area contributed by atoms with E-state index < -0.39 is 7.82 Å². The molecule has 0 fully saturated rings. The van der Waals surface area contributed by atoms with Crippen molar-refractivity contribution in [2.45, 2.75) is 132 Å². The van der Waals surface area contributed by atoms with Crippen LogP contribution in [0.25, 0.3) is 0 Å². The van der Waals surface area contributed by atoms with E-state index in [1.54, 1.807) is 6.92 Å². The monoisotopic (exact) mass is 554 g/mol. The molecule has 0 amide bonds. The molecule has 3 unspecified atom stereocenters. The summed E-state index contributed by atoms with van der Waals surface area (Å²) < 4.78 is 22.6. The molecule has 8 heteroatoms. The van der Waals surface area contributed by atoms with Gasteiger partial charge in [0.1, 0.15) is 24.9 Å². The number of benzene rings is 1. The van der Waals surface area contributed by atoms with E-state index in [1.165, 1.54) is 44.9 Å². The van der Waals surface area contributed by atoms with Crippen molar-refractivity contribution in [3.05, 3.63) is 22.3 Å². The molecule has 0 saturated heterocycles. The number of fused-ring (bicyclic) bond motifs is 1. The van der Waals surface area contributed by atoms with Crippen LogP contribution in [0.3, 0.4) is 0 Å². The summed E-state index contributed by atoms with van der Waals surface area (Å²) in [5.41, 5.74) is 2.95. The minimum atomic E-state index is -5.11. The third-order valence-electron chi connectivity index (χ3n) is 8.04. The van der Waals surface area contributed by atoms with Gasteiger partial charge in [-0.05, 0) is 87.8 Å². The van der Waals surface area contributed by atoms with Gasteiger partial charge >= 0.3 is 59.1 Å². The van der Waals surface area contributed by atoms with Crippen LogP contribution in [0.2, 0.25) is 0 Å². The van der Waals surface area contributed by atoms with Gasteiger partial charge in [0.05, 0.1) is 0 Å². The fourth-order valence-corrected chi connectivity index (χ4v) is 6.01. The molecule has 0 N–H and O–H groups in total. The van der Waals surface area contributed by atoms with Gasteiger partial charge in [-0.3, -0.25) is 0 Å². The van der Waals surface area contributed by atoms with E-state index in [0.717, 1.165) is 60.3 Å². The molecule has 1 aliphatic rings. The van der Waals surface area contributed by atoms with Gasteiger partial charge in [0.15, 0.2) is 0 Å². The van der Waals surface area contributed by atoms with Crippen molar-refractivity contribution >= 4 is 7.82 Å². The van der Waals surface area contributed by atoms with Crippen LogP contribution in [0.15, 0.2) is 0 Å². The quantitative estimate of drug-likeness (QED) is 0.256. The molecule has 3 atom stereocenters. The second-order valence-electron chi connectivity index (χ2n) is 12.0. The summed E-state index contributed by atoms with van der Waals surface area (Å²) in [6, 6.07) is 0. The molecule has 1 heterocycles. The smallest absolute Gasteiger partial charge is 0.780 e. The van der Waals surface area contributed by atoms with Gasteiger partial charge in [-0.25, -0.2) is 0 Å². The number of ether oxygens (including phenoxy) is 1. The molecule has 37 heavy (non-hydrogen) atoms. The number of hydrogen-bond acceptors (Lipinski definition) is 5. The minimum Gasteiger partial charge on any atom is -0.780 e. The largest absolute Gasteiger partial charge is 1.00 e. The fourth-order valence-electron chi connectivity index (χ4n) is 5.51. The normalized spacial score (nSPS) is 18.8. The predicted molar refractivity (Wildman–Crippen MR) is 141 cm³/mol. The third kappa shape index (κ3) is 12.6. The van der Waals surface area contributed by atoms with E-state index in [9.17, 15) is 14.4 Å². The molecule has 0 radical (unpaired) electrons. The predicted octanol–water partition coefficient (Wildman–Crippen LogP) is 1.35. The third-order valence-corrected chi connectivity index (χ3v) is 8.45. The van der Waals surface area contributed by atoms with E-state index in [2.05, 4.69) is 34.6 Å². The summed E-state index contributed by atoms with van der Waals surface area (Å²) in [5, 5.41) is 0. The summed E-state index contributed by atoms with van der Waals surface area (Å²) in [4.78, 5) is 22.5. The molecule has 0 spiro atoms. The Kier molecular flexibility index (Phi) is 17.5. The first-order valence-electron chi connectivity index (χ1n) is 13.8. The maximum absolute atomic E-state index is 11.2. The Bertz CT molecular complexity index is 886. The van der Waals surface area contributed by atoms with Crippen LogP contribution >= 0.6 is 7.82 Å². The van der Waals surface area contributed by atoms with E-state index >= 15 is 0 Å². The molecule has 202 valence electrons. The first-order valence-corrected chi connectivity index (χ1v) is 15.2. The van der Waals surface area contributed by atoms with Crippen LogP contribution in [0.4, 0.5) is 0 Å². The zero-order valence-corrected chi connectivity index (χ0v) is 30.4. The standard InChI is InChI=1S/C29H51O5P.2Na/c1-20(2)12-9-13-21(3)14-10-15-22(4)16-11-18-29(8)19-17-26-25(7)27(34-35(30,31)32)23(5)24(6)28(26)33-29;;/h20-22H,9-19H2,1-8H3,(H2,30,31,32);;/q;2*+1/p-2. The molecule has 0 aliphatic carbocycles. The number of phosphoric acid groups is 1. The minimum absolute atomic E-state index is 0. The molecule has 5 nitrogen and oxygen atoms in total. The van der Waals surface area contributed by atoms with Crippen LogP contribution in [0.5, 0.6) is 11.5 Å². The molecular formula is C29H49Na2O5P. The van der Waals surface area contributed by atoms with Crippen molar-refractivity contribution in [2.24, 2.45) is 17.8 Å². The van der Waals surface area contributed by atoms with Crippen LogP contribution in [-0.2, 0) is 11.0 Å². The van der Waals surface area contributed by atoms with Gasteiger partial charge in [0.2, 0.25) is 0 Å². The Morgan fingerprint density at radius 2 is 1.38 bits per heavy atom. The van der Waals surface area contributed by atoms with Crippen LogP contribution in [0.1, 0.15) is 121 Å². The summed E-state index contributed by atoms with van der Waals surface area (Å²) in [6.45, 7) is 17.1. The summed E-state index contributed by atoms with van der Waals surface area (Å²) in [6.07, 6.45) is 13.1. The Balaban J connectivity index is 0.00000648. The first-order chi connectivity index (χ1) is 16.2. The van der Waals surface area contributed by atoms with Gasteiger partial charge < -0.3 is 23.6 Å². The van der Waals surface area contributed by atoms with E-state index in [-0.39, 0.29) is 70.5 Å². The number of rotatable bonds is 14. The fraction of sp³-hybridized carbons (Fsp3) is 0.793. The summed E-state index contributed by atoms with van der Waals surface area (Å²) in [7, 11) is -5.11. The Morgan fingerprint density at radius 3 is 1.89 bits per heavy atom. The molecule has 0 aromatic heterocycles. The topological polar surface area (TPSA) is 81.7 Å². The van der Waals surface area contributed by atoms with Crippen molar-refractivity contribution in [3.8, 4) is 11.5 Å². The van der Waals surface area contributed by atoms with Gasteiger partial charge in [-0.15, -0.1) is 0 Å². The Morgan fingerprint density at radius 1 is 0.865 bits per heavy atom. The molecular weight excluding hydrogens is 505 g/mol. The van der Waals surface area contributed by atoms with Crippen molar-refractivity contribution < 1.29 is 82.7 Å². The van der Waals surface area contributed by atoms with Crippen molar-refractivity contribution in [1.82, 2.24) is 0 Å². The van der Waals surface area contributed by atoms with Gasteiger partial charge in [-0.1, -0.05) is 72.6 Å². The molecule has 1 aromatic rings. The first kappa shape index (κ1) is 38.0. The zero-order valence-electron chi connectivity index (χ0n) is 25.5. The van der Waals surface area contributed by atoms with Crippen molar-refractivity contribution in [2.75, 3.05) is 0 Å². The molecule has 0 saturated carbocycles. The summed E-state index contributed by atoms with van der Waals surface area (Å²) in [5.74, 6) is 3.40. The van der Waals surface area contributed by atoms with Crippen LogP contribution in [-0.4, -0.2) is 5.60 Å². The number of phosphoric ester groups is 1. The van der Waals surface area contributed by atoms with Gasteiger partial charge in [-0.2, -0.15) is 0 Å². The molecule has 0 bridgehead atoms. The zero-order chi connectivity index (χ0) is 26.4. The van der Waals surface area contributed by atoms with Gasteiger partial charge in [0, 0.05) is 5.56 Å². The second-order valence-corrected chi connectivity index (χ2v) is 13.0. The SMILES string of the molecule is Cc1c(C)c2c(c(C)c1OP(=O)([O-])[O-])CCC(C)(CCCC(C)CCCC(C)CCCC(C)C)O2.[Na+].[Na+]. The van der Waals surface area contributed by atoms with Crippen molar-refractivity contribution in [1.29, 1.82) is 0 Å². The van der Waals surface area contributed by atoms with E-state index in [1.807, 2.05) is 13.8 Å². The Hall–Kier alpha value is 0.970. The van der Waals surface area contributed by atoms with E-state index in [4.69, 9.17) is 9.26 Å². The second kappa shape index (κ2) is 17.0. The molecule has 2 rings (SSSR count). The average Bonchev–Trinajstić information content (AvgIpc) is 2.74. The maximum atomic E-state index is 11.2. The molecule has 1 aromatic carbocycles. The number of hydrogen-bond donors (Lipinski definition) is 0. The van der Waals surface area contributed by atoms with Crippen LogP contribution < -0.4 is 78.2 Å². The van der Waals surface area contributed by atoms with E-state index in [0.29, 0.717) is 11.1 Å². The average molecular weight is 555 g/mol. The Labute approximate surface area is 271 Å².